The number of carboxylic acid groups (broad SMARTS) is 1. The van der Waals surface area contributed by atoms with Crippen LogP contribution in [0.2, 0.25) is 0 Å². The maximum Gasteiger partial charge on any atom is 0.355 e. The number of rotatable bonds is 7. The van der Waals surface area contributed by atoms with Gasteiger partial charge in [0.2, 0.25) is 0 Å². The third-order valence-corrected chi connectivity index (χ3v) is 3.67. The maximum atomic E-state index is 10.6. The summed E-state index contributed by atoms with van der Waals surface area (Å²) in [6, 6.07) is 0.771. The van der Waals surface area contributed by atoms with Crippen LogP contribution in [0.15, 0.2) is 5.38 Å². The molecular weight excluding hydrogens is 238 g/mol. The highest BCUT2D eigenvalue weighted by Gasteiger charge is 2.27. The van der Waals surface area contributed by atoms with E-state index < -0.39 is 5.97 Å². The Hall–Kier alpha value is -1.14. The van der Waals surface area contributed by atoms with E-state index in [-0.39, 0.29) is 5.69 Å². The summed E-state index contributed by atoms with van der Waals surface area (Å²) in [5, 5.41) is 14.2. The first-order valence-electron chi connectivity index (χ1n) is 5.87. The minimum Gasteiger partial charge on any atom is -0.476 e. The molecule has 94 valence electrons. The predicted octanol–water partition coefficient (Wildman–Crippen LogP) is 1.74. The van der Waals surface area contributed by atoms with E-state index in [0.717, 1.165) is 25.7 Å². The molecule has 6 heteroatoms. The number of nitrogens with zero attached hydrogens (tertiary/aromatic N) is 2. The van der Waals surface area contributed by atoms with Crippen molar-refractivity contribution >= 4 is 22.4 Å². The molecule has 2 N–H and O–H groups in total. The molecule has 0 spiro atoms. The van der Waals surface area contributed by atoms with Crippen LogP contribution < -0.4 is 5.32 Å². The van der Waals surface area contributed by atoms with E-state index in [9.17, 15) is 4.79 Å². The molecule has 0 unspecified atom stereocenters. The number of thiazole rings is 1. The van der Waals surface area contributed by atoms with Crippen LogP contribution >= 0.6 is 11.3 Å². The molecule has 1 aromatic rings. The minimum atomic E-state index is -0.970. The number of hydrogen-bond donors (Lipinski definition) is 2. The Morgan fingerprint density at radius 3 is 3.00 bits per heavy atom. The van der Waals surface area contributed by atoms with Gasteiger partial charge in [0, 0.05) is 24.5 Å². The second-order valence-electron chi connectivity index (χ2n) is 4.13. The molecule has 0 aromatic carbocycles. The Labute approximate surface area is 104 Å². The Bertz CT molecular complexity index is 390. The van der Waals surface area contributed by atoms with Crippen LogP contribution in [0.4, 0.5) is 5.13 Å². The van der Waals surface area contributed by atoms with Gasteiger partial charge in [-0.2, -0.15) is 0 Å². The van der Waals surface area contributed by atoms with Crippen molar-refractivity contribution in [2.45, 2.75) is 25.8 Å². The predicted molar refractivity (Wildman–Crippen MR) is 67.8 cm³/mol. The van der Waals surface area contributed by atoms with Gasteiger partial charge in [-0.1, -0.05) is 6.92 Å². The van der Waals surface area contributed by atoms with Crippen molar-refractivity contribution in [3.8, 4) is 0 Å². The highest BCUT2D eigenvalue weighted by molar-refractivity contribution is 7.13. The number of aromatic carboxylic acids is 1. The van der Waals surface area contributed by atoms with Crippen LogP contribution in [0.25, 0.3) is 0 Å². The molecule has 0 atom stereocenters. The monoisotopic (exact) mass is 255 g/mol. The molecule has 1 aliphatic carbocycles. The fraction of sp³-hybridized carbons (Fsp3) is 0.636. The van der Waals surface area contributed by atoms with E-state index in [1.165, 1.54) is 24.2 Å². The molecule has 1 aromatic heterocycles. The topological polar surface area (TPSA) is 65.5 Å². The quantitative estimate of drug-likeness (QED) is 0.777. The smallest absolute Gasteiger partial charge is 0.355 e. The highest BCUT2D eigenvalue weighted by atomic mass is 32.1. The first kappa shape index (κ1) is 12.3. The van der Waals surface area contributed by atoms with Crippen molar-refractivity contribution in [3.05, 3.63) is 11.1 Å². The normalized spacial score (nSPS) is 15.2. The molecule has 1 heterocycles. The summed E-state index contributed by atoms with van der Waals surface area (Å²) in [5.74, 6) is -0.970. The molecule has 1 aliphatic rings. The number of aromatic nitrogens is 1. The number of anilines is 1. The van der Waals surface area contributed by atoms with Crippen LogP contribution in [-0.4, -0.2) is 46.6 Å². The van der Waals surface area contributed by atoms with Crippen LogP contribution in [0, 0.1) is 0 Å². The molecule has 0 saturated heterocycles. The Morgan fingerprint density at radius 2 is 2.47 bits per heavy atom. The first-order chi connectivity index (χ1) is 8.20. The number of hydrogen-bond acceptors (Lipinski definition) is 5. The van der Waals surface area contributed by atoms with Gasteiger partial charge in [0.25, 0.3) is 0 Å². The standard InChI is InChI=1S/C11H17N3O2S/c1-2-14(8-3-4-8)6-5-12-11-13-9(7-17-11)10(15)16/h7-8H,2-6H2,1H3,(H,12,13)(H,15,16). The van der Waals surface area contributed by atoms with Crippen LogP contribution in [0.3, 0.4) is 0 Å². The molecule has 0 aliphatic heterocycles. The third kappa shape index (κ3) is 3.41. The van der Waals surface area contributed by atoms with E-state index >= 15 is 0 Å². The molecular formula is C11H17N3O2S. The summed E-state index contributed by atoms with van der Waals surface area (Å²) in [5.41, 5.74) is 0.118. The molecule has 0 amide bonds. The van der Waals surface area contributed by atoms with Gasteiger partial charge in [0.05, 0.1) is 0 Å². The second-order valence-corrected chi connectivity index (χ2v) is 4.99. The van der Waals surface area contributed by atoms with Gasteiger partial charge in [0.15, 0.2) is 10.8 Å². The van der Waals surface area contributed by atoms with Gasteiger partial charge in [-0.25, -0.2) is 9.78 Å². The first-order valence-corrected chi connectivity index (χ1v) is 6.75. The van der Waals surface area contributed by atoms with Crippen molar-refractivity contribution in [3.63, 3.8) is 0 Å². The van der Waals surface area contributed by atoms with E-state index in [1.54, 1.807) is 5.38 Å². The molecule has 0 bridgehead atoms. The minimum absolute atomic E-state index is 0.118. The number of carbonyl (C=O) groups is 1. The summed E-state index contributed by atoms with van der Waals surface area (Å²) >= 11 is 1.34. The summed E-state index contributed by atoms with van der Waals surface area (Å²) in [6.07, 6.45) is 2.63. The zero-order chi connectivity index (χ0) is 12.3. The molecule has 1 saturated carbocycles. The summed E-state index contributed by atoms with van der Waals surface area (Å²) < 4.78 is 0. The van der Waals surface area contributed by atoms with Gasteiger partial charge in [0.1, 0.15) is 0 Å². The van der Waals surface area contributed by atoms with Crippen molar-refractivity contribution in [2.24, 2.45) is 0 Å². The lowest BCUT2D eigenvalue weighted by Crippen LogP contribution is -2.30. The molecule has 0 radical (unpaired) electrons. The van der Waals surface area contributed by atoms with E-state index in [4.69, 9.17) is 5.11 Å². The number of likely N-dealkylation sites (N-methyl/N-ethyl adjacent to an activating group) is 1. The largest absolute Gasteiger partial charge is 0.476 e. The van der Waals surface area contributed by atoms with Crippen LogP contribution in [0.1, 0.15) is 30.3 Å². The SMILES string of the molecule is CCN(CCNc1nc(C(=O)O)cs1)C1CC1. The Balaban J connectivity index is 1.75. The van der Waals surface area contributed by atoms with Crippen molar-refractivity contribution in [1.82, 2.24) is 9.88 Å². The summed E-state index contributed by atoms with van der Waals surface area (Å²) in [6.45, 7) is 5.05. The molecule has 1 fully saturated rings. The van der Waals surface area contributed by atoms with E-state index in [2.05, 4.69) is 22.1 Å². The van der Waals surface area contributed by atoms with E-state index in [0.29, 0.717) is 5.13 Å². The van der Waals surface area contributed by atoms with Gasteiger partial charge < -0.3 is 10.4 Å². The zero-order valence-electron chi connectivity index (χ0n) is 9.85. The molecule has 17 heavy (non-hydrogen) atoms. The lowest BCUT2D eigenvalue weighted by atomic mass is 10.4. The fourth-order valence-electron chi connectivity index (χ4n) is 1.80. The Morgan fingerprint density at radius 1 is 1.71 bits per heavy atom. The van der Waals surface area contributed by atoms with Crippen molar-refractivity contribution in [1.29, 1.82) is 0 Å². The molecule has 5 nitrogen and oxygen atoms in total. The van der Waals surface area contributed by atoms with Gasteiger partial charge >= 0.3 is 5.97 Å². The average Bonchev–Trinajstić information content (AvgIpc) is 3.03. The summed E-state index contributed by atoms with van der Waals surface area (Å²) in [7, 11) is 0. The lowest BCUT2D eigenvalue weighted by molar-refractivity contribution is 0.0691. The van der Waals surface area contributed by atoms with Gasteiger partial charge in [-0.15, -0.1) is 11.3 Å². The summed E-state index contributed by atoms with van der Waals surface area (Å²) in [4.78, 5) is 17.1. The molecule has 2 rings (SSSR count). The third-order valence-electron chi connectivity index (χ3n) is 2.87. The van der Waals surface area contributed by atoms with Crippen LogP contribution in [0.5, 0.6) is 0 Å². The lowest BCUT2D eigenvalue weighted by Gasteiger charge is -2.19. The number of carboxylic acids is 1. The van der Waals surface area contributed by atoms with E-state index in [1.807, 2.05) is 0 Å². The van der Waals surface area contributed by atoms with Crippen LogP contribution in [-0.2, 0) is 0 Å². The number of nitrogens with one attached hydrogen (secondary N) is 1. The Kier molecular flexibility index (Phi) is 3.96. The zero-order valence-corrected chi connectivity index (χ0v) is 10.7. The average molecular weight is 255 g/mol. The van der Waals surface area contributed by atoms with Gasteiger partial charge in [-0.05, 0) is 19.4 Å². The second kappa shape index (κ2) is 5.46. The maximum absolute atomic E-state index is 10.6. The highest BCUT2D eigenvalue weighted by Crippen LogP contribution is 2.26. The van der Waals surface area contributed by atoms with Gasteiger partial charge in [-0.3, -0.25) is 4.90 Å². The van der Waals surface area contributed by atoms with Crippen molar-refractivity contribution < 1.29 is 9.90 Å². The fourth-order valence-corrected chi connectivity index (χ4v) is 2.51. The van der Waals surface area contributed by atoms with Crippen molar-refractivity contribution in [2.75, 3.05) is 25.0 Å².